The van der Waals surface area contributed by atoms with Crippen LogP contribution in [0.3, 0.4) is 0 Å². The Labute approximate surface area is 169 Å². The zero-order valence-corrected chi connectivity index (χ0v) is 16.5. The van der Waals surface area contributed by atoms with Crippen molar-refractivity contribution in [2.24, 2.45) is 0 Å². The summed E-state index contributed by atoms with van der Waals surface area (Å²) in [6, 6.07) is 11.8. The minimum absolute atomic E-state index is 0.142. The fraction of sp³-hybridized carbons (Fsp3) is 0.286. The summed E-state index contributed by atoms with van der Waals surface area (Å²) in [7, 11) is 0. The van der Waals surface area contributed by atoms with E-state index in [-0.39, 0.29) is 11.7 Å². The molecule has 0 atom stereocenters. The van der Waals surface area contributed by atoms with E-state index in [4.69, 9.17) is 0 Å². The van der Waals surface area contributed by atoms with Gasteiger partial charge < -0.3 is 15.1 Å². The smallest absolute Gasteiger partial charge is 0.291 e. The molecule has 0 radical (unpaired) electrons. The lowest BCUT2D eigenvalue weighted by Crippen LogP contribution is -2.49. The highest BCUT2D eigenvalue weighted by molar-refractivity contribution is 5.90. The lowest BCUT2D eigenvalue weighted by molar-refractivity contribution is 0.0733. The zero-order valence-electron chi connectivity index (χ0n) is 16.5. The van der Waals surface area contributed by atoms with Gasteiger partial charge in [0.15, 0.2) is 0 Å². The molecule has 2 aromatic heterocycles. The molecule has 1 aliphatic heterocycles. The number of amides is 1. The van der Waals surface area contributed by atoms with Gasteiger partial charge in [-0.1, -0.05) is 17.7 Å². The number of nitrogens with one attached hydrogen (secondary N) is 1. The SMILES string of the molecule is Cc1ccc(Nc2cc(C)nc(N3CCN(C(=O)c4ncccn4)CC3)n2)cc1. The molecular formula is C21H23N7O. The van der Waals surface area contributed by atoms with Gasteiger partial charge in [0.25, 0.3) is 5.91 Å². The lowest BCUT2D eigenvalue weighted by Gasteiger charge is -2.34. The lowest BCUT2D eigenvalue weighted by atomic mass is 10.2. The van der Waals surface area contributed by atoms with E-state index in [2.05, 4.69) is 49.2 Å². The van der Waals surface area contributed by atoms with Gasteiger partial charge >= 0.3 is 0 Å². The van der Waals surface area contributed by atoms with Crippen LogP contribution in [0.4, 0.5) is 17.5 Å². The molecule has 1 aromatic carbocycles. The van der Waals surface area contributed by atoms with Crippen molar-refractivity contribution < 1.29 is 4.79 Å². The number of carbonyl (C=O) groups excluding carboxylic acids is 1. The first-order valence-electron chi connectivity index (χ1n) is 9.59. The molecule has 1 N–H and O–H groups in total. The number of nitrogens with zero attached hydrogens (tertiary/aromatic N) is 6. The van der Waals surface area contributed by atoms with Crippen LogP contribution < -0.4 is 10.2 Å². The quantitative estimate of drug-likeness (QED) is 0.734. The normalized spacial score (nSPS) is 14.0. The van der Waals surface area contributed by atoms with Crippen LogP contribution in [0, 0.1) is 13.8 Å². The third-order valence-electron chi connectivity index (χ3n) is 4.77. The third-order valence-corrected chi connectivity index (χ3v) is 4.77. The van der Waals surface area contributed by atoms with Gasteiger partial charge in [-0.3, -0.25) is 4.79 Å². The van der Waals surface area contributed by atoms with E-state index in [1.807, 2.05) is 25.1 Å². The number of anilines is 3. The molecule has 0 saturated carbocycles. The van der Waals surface area contributed by atoms with Crippen molar-refractivity contribution in [1.29, 1.82) is 0 Å². The standard InChI is InChI=1S/C21H23N7O/c1-15-4-6-17(7-5-15)25-18-14-16(2)24-21(26-18)28-12-10-27(11-13-28)20(29)19-22-8-3-9-23-19/h3-9,14H,10-13H2,1-2H3,(H,24,25,26). The van der Waals surface area contributed by atoms with E-state index in [1.54, 1.807) is 23.4 Å². The summed E-state index contributed by atoms with van der Waals surface area (Å²) in [4.78, 5) is 33.8. The number of rotatable bonds is 4. The van der Waals surface area contributed by atoms with Crippen molar-refractivity contribution in [3.63, 3.8) is 0 Å². The molecule has 1 aliphatic rings. The number of hydrogen-bond acceptors (Lipinski definition) is 7. The molecule has 3 heterocycles. The van der Waals surface area contributed by atoms with E-state index < -0.39 is 0 Å². The van der Waals surface area contributed by atoms with Crippen LogP contribution in [-0.4, -0.2) is 56.9 Å². The molecule has 8 heteroatoms. The predicted octanol–water partition coefficient (Wildman–Crippen LogP) is 2.59. The molecule has 1 amide bonds. The first kappa shape index (κ1) is 18.8. The van der Waals surface area contributed by atoms with Gasteiger partial charge in [0, 0.05) is 56.0 Å². The Morgan fingerprint density at radius 2 is 1.66 bits per heavy atom. The molecule has 1 fully saturated rings. The first-order valence-corrected chi connectivity index (χ1v) is 9.59. The van der Waals surface area contributed by atoms with E-state index in [9.17, 15) is 4.79 Å². The average molecular weight is 389 g/mol. The number of carbonyl (C=O) groups is 1. The van der Waals surface area contributed by atoms with Gasteiger partial charge in [-0.15, -0.1) is 0 Å². The first-order chi connectivity index (χ1) is 14.1. The second kappa shape index (κ2) is 8.22. The maximum Gasteiger partial charge on any atom is 0.291 e. The van der Waals surface area contributed by atoms with E-state index in [0.717, 1.165) is 17.2 Å². The van der Waals surface area contributed by atoms with Crippen molar-refractivity contribution in [3.05, 3.63) is 65.9 Å². The van der Waals surface area contributed by atoms with Crippen LogP contribution in [0.2, 0.25) is 0 Å². The van der Waals surface area contributed by atoms with Crippen molar-refractivity contribution >= 4 is 23.4 Å². The van der Waals surface area contributed by atoms with Gasteiger partial charge in [-0.25, -0.2) is 15.0 Å². The Hall–Kier alpha value is -3.55. The van der Waals surface area contributed by atoms with Gasteiger partial charge in [0.2, 0.25) is 11.8 Å². The fourth-order valence-corrected chi connectivity index (χ4v) is 3.20. The molecule has 4 rings (SSSR count). The Morgan fingerprint density at radius 1 is 0.966 bits per heavy atom. The molecule has 3 aromatic rings. The van der Waals surface area contributed by atoms with Gasteiger partial charge in [-0.05, 0) is 32.0 Å². The molecule has 0 aliphatic carbocycles. The number of aromatic nitrogens is 4. The highest BCUT2D eigenvalue weighted by Crippen LogP contribution is 2.20. The molecule has 8 nitrogen and oxygen atoms in total. The minimum atomic E-state index is -0.142. The Kier molecular flexibility index (Phi) is 5.33. The topological polar surface area (TPSA) is 87.1 Å². The van der Waals surface area contributed by atoms with Crippen molar-refractivity contribution in [3.8, 4) is 0 Å². The summed E-state index contributed by atoms with van der Waals surface area (Å²) in [5, 5.41) is 3.34. The summed E-state index contributed by atoms with van der Waals surface area (Å²) in [5.41, 5.74) is 3.09. The summed E-state index contributed by atoms with van der Waals surface area (Å²) in [5.74, 6) is 1.52. The molecule has 0 unspecified atom stereocenters. The van der Waals surface area contributed by atoms with Crippen LogP contribution in [0.5, 0.6) is 0 Å². The number of piperazine rings is 1. The number of hydrogen-bond donors (Lipinski definition) is 1. The molecule has 29 heavy (non-hydrogen) atoms. The molecule has 148 valence electrons. The van der Waals surface area contributed by atoms with Crippen molar-refractivity contribution in [2.75, 3.05) is 36.4 Å². The third kappa shape index (κ3) is 4.48. The summed E-state index contributed by atoms with van der Waals surface area (Å²) in [6.45, 7) is 6.49. The largest absolute Gasteiger partial charge is 0.340 e. The maximum absolute atomic E-state index is 12.5. The summed E-state index contributed by atoms with van der Waals surface area (Å²) < 4.78 is 0. The van der Waals surface area contributed by atoms with Crippen LogP contribution >= 0.6 is 0 Å². The number of benzene rings is 1. The summed E-state index contributed by atoms with van der Waals surface area (Å²) in [6.07, 6.45) is 3.17. The molecule has 0 bridgehead atoms. The van der Waals surface area contributed by atoms with Gasteiger partial charge in [-0.2, -0.15) is 4.98 Å². The van der Waals surface area contributed by atoms with Crippen LogP contribution in [0.25, 0.3) is 0 Å². The van der Waals surface area contributed by atoms with Crippen LogP contribution in [0.1, 0.15) is 21.9 Å². The minimum Gasteiger partial charge on any atom is -0.340 e. The highest BCUT2D eigenvalue weighted by Gasteiger charge is 2.25. The summed E-state index contributed by atoms with van der Waals surface area (Å²) >= 11 is 0. The molecular weight excluding hydrogens is 366 g/mol. The second-order valence-electron chi connectivity index (χ2n) is 7.04. The van der Waals surface area contributed by atoms with E-state index in [1.165, 1.54) is 5.56 Å². The Bertz CT molecular complexity index is 984. The second-order valence-corrected chi connectivity index (χ2v) is 7.04. The van der Waals surface area contributed by atoms with Gasteiger partial charge in [0.1, 0.15) is 5.82 Å². The molecule has 1 saturated heterocycles. The highest BCUT2D eigenvalue weighted by atomic mass is 16.2. The fourth-order valence-electron chi connectivity index (χ4n) is 3.20. The maximum atomic E-state index is 12.5. The van der Waals surface area contributed by atoms with E-state index >= 15 is 0 Å². The Balaban J connectivity index is 1.43. The van der Waals surface area contributed by atoms with Crippen LogP contribution in [0.15, 0.2) is 48.8 Å². The molecule has 0 spiro atoms. The number of aryl methyl sites for hydroxylation is 2. The van der Waals surface area contributed by atoms with Gasteiger partial charge in [0.05, 0.1) is 0 Å². The van der Waals surface area contributed by atoms with Crippen molar-refractivity contribution in [2.45, 2.75) is 13.8 Å². The monoisotopic (exact) mass is 389 g/mol. The van der Waals surface area contributed by atoms with Crippen LogP contribution in [-0.2, 0) is 0 Å². The Morgan fingerprint density at radius 3 is 2.34 bits per heavy atom. The van der Waals surface area contributed by atoms with E-state index in [0.29, 0.717) is 32.1 Å². The van der Waals surface area contributed by atoms with Crippen molar-refractivity contribution in [1.82, 2.24) is 24.8 Å². The predicted molar refractivity (Wildman–Crippen MR) is 111 cm³/mol. The zero-order chi connectivity index (χ0) is 20.2. The average Bonchev–Trinajstić information content (AvgIpc) is 2.75.